The summed E-state index contributed by atoms with van der Waals surface area (Å²) in [5.41, 5.74) is 2.88. The Bertz CT molecular complexity index is 995. The van der Waals surface area contributed by atoms with Crippen LogP contribution in [0.15, 0.2) is 72.8 Å². The van der Waals surface area contributed by atoms with Gasteiger partial charge in [-0.1, -0.05) is 65.7 Å². The highest BCUT2D eigenvalue weighted by Crippen LogP contribution is 2.35. The number of anilines is 2. The quantitative estimate of drug-likeness (QED) is 0.608. The molecule has 0 aromatic heterocycles. The van der Waals surface area contributed by atoms with Gasteiger partial charge in [0, 0.05) is 5.02 Å². The third-order valence-corrected chi connectivity index (χ3v) is 5.17. The molecule has 1 heterocycles. The molecule has 0 bridgehead atoms. The molecule has 1 amide bonds. The fourth-order valence-corrected chi connectivity index (χ4v) is 3.73. The standard InChI is InChI=1S/C22H18Cl2N2O2/c23-16-10-11-21(17(24)12-16)28-14-22(27)26-13-19(15-6-2-1-3-7-15)25-18-8-4-5-9-20(18)26/h1-12,19,25H,13-14H2. The van der Waals surface area contributed by atoms with Gasteiger partial charge in [-0.2, -0.15) is 0 Å². The Balaban J connectivity index is 1.55. The molecule has 1 N–H and O–H groups in total. The van der Waals surface area contributed by atoms with Crippen LogP contribution in [-0.2, 0) is 4.79 Å². The number of para-hydroxylation sites is 2. The predicted octanol–water partition coefficient (Wildman–Crippen LogP) is 5.57. The van der Waals surface area contributed by atoms with Crippen molar-refractivity contribution < 1.29 is 9.53 Å². The number of carbonyl (C=O) groups is 1. The predicted molar refractivity (Wildman–Crippen MR) is 114 cm³/mol. The Hall–Kier alpha value is -2.69. The summed E-state index contributed by atoms with van der Waals surface area (Å²) in [6, 6.07) is 22.8. The number of hydrogen-bond donors (Lipinski definition) is 1. The molecule has 6 heteroatoms. The summed E-state index contributed by atoms with van der Waals surface area (Å²) in [7, 11) is 0. The van der Waals surface area contributed by atoms with Crippen molar-refractivity contribution in [1.29, 1.82) is 0 Å². The number of benzene rings is 3. The van der Waals surface area contributed by atoms with Gasteiger partial charge < -0.3 is 15.0 Å². The summed E-state index contributed by atoms with van der Waals surface area (Å²) in [6.07, 6.45) is 0. The lowest BCUT2D eigenvalue weighted by atomic mass is 10.0. The molecule has 0 saturated carbocycles. The van der Waals surface area contributed by atoms with Gasteiger partial charge in [0.1, 0.15) is 5.75 Å². The van der Waals surface area contributed by atoms with Crippen molar-refractivity contribution in [2.24, 2.45) is 0 Å². The van der Waals surface area contributed by atoms with Crippen molar-refractivity contribution in [3.05, 3.63) is 88.4 Å². The van der Waals surface area contributed by atoms with Gasteiger partial charge in [-0.05, 0) is 35.9 Å². The van der Waals surface area contributed by atoms with E-state index >= 15 is 0 Å². The number of nitrogens with zero attached hydrogens (tertiary/aromatic N) is 1. The van der Waals surface area contributed by atoms with Crippen LogP contribution in [0.5, 0.6) is 5.75 Å². The molecule has 142 valence electrons. The molecule has 1 unspecified atom stereocenters. The molecule has 4 rings (SSSR count). The van der Waals surface area contributed by atoms with E-state index in [2.05, 4.69) is 17.4 Å². The molecular formula is C22H18Cl2N2O2. The van der Waals surface area contributed by atoms with Gasteiger partial charge >= 0.3 is 0 Å². The normalized spacial score (nSPS) is 15.5. The second-order valence-corrected chi connectivity index (χ2v) is 7.34. The highest BCUT2D eigenvalue weighted by molar-refractivity contribution is 6.35. The van der Waals surface area contributed by atoms with Gasteiger partial charge in [-0.25, -0.2) is 0 Å². The van der Waals surface area contributed by atoms with Crippen LogP contribution in [-0.4, -0.2) is 19.1 Å². The van der Waals surface area contributed by atoms with E-state index in [1.54, 1.807) is 23.1 Å². The number of nitrogens with one attached hydrogen (secondary N) is 1. The third kappa shape index (κ3) is 3.93. The SMILES string of the molecule is O=C(COc1ccc(Cl)cc1Cl)N1CC(c2ccccc2)Nc2ccccc21. The highest BCUT2D eigenvalue weighted by atomic mass is 35.5. The highest BCUT2D eigenvalue weighted by Gasteiger charge is 2.29. The van der Waals surface area contributed by atoms with Crippen LogP contribution in [0.25, 0.3) is 0 Å². The Kier molecular flexibility index (Phi) is 5.42. The summed E-state index contributed by atoms with van der Waals surface area (Å²) in [6.45, 7) is 0.398. The monoisotopic (exact) mass is 412 g/mol. The molecule has 1 aliphatic heterocycles. The molecule has 4 nitrogen and oxygen atoms in total. The first-order valence-corrected chi connectivity index (χ1v) is 9.66. The van der Waals surface area contributed by atoms with Crippen LogP contribution in [0.2, 0.25) is 10.0 Å². The Morgan fingerprint density at radius 1 is 1.04 bits per heavy atom. The van der Waals surface area contributed by atoms with Gasteiger partial charge in [-0.15, -0.1) is 0 Å². The second kappa shape index (κ2) is 8.13. The minimum atomic E-state index is -0.138. The van der Waals surface area contributed by atoms with Crippen molar-refractivity contribution in [3.8, 4) is 5.75 Å². The average molecular weight is 413 g/mol. The zero-order chi connectivity index (χ0) is 19.5. The Morgan fingerprint density at radius 2 is 1.79 bits per heavy atom. The first kappa shape index (κ1) is 18.7. The molecule has 1 aliphatic rings. The lowest BCUT2D eigenvalue weighted by Gasteiger charge is -2.36. The molecule has 0 radical (unpaired) electrons. The van der Waals surface area contributed by atoms with Gasteiger partial charge in [0.05, 0.1) is 29.0 Å². The van der Waals surface area contributed by atoms with Gasteiger partial charge in [0.25, 0.3) is 5.91 Å². The van der Waals surface area contributed by atoms with E-state index in [1.807, 2.05) is 42.5 Å². The molecule has 3 aromatic rings. The van der Waals surface area contributed by atoms with Crippen molar-refractivity contribution in [1.82, 2.24) is 0 Å². The van der Waals surface area contributed by atoms with Gasteiger partial charge in [0.2, 0.25) is 0 Å². The molecule has 3 aromatic carbocycles. The number of amides is 1. The summed E-state index contributed by atoms with van der Waals surface area (Å²) in [4.78, 5) is 14.8. The largest absolute Gasteiger partial charge is 0.482 e. The minimum absolute atomic E-state index is 0.000769. The minimum Gasteiger partial charge on any atom is -0.482 e. The van der Waals surface area contributed by atoms with Gasteiger partial charge in [0.15, 0.2) is 6.61 Å². The molecule has 0 saturated heterocycles. The Morgan fingerprint density at radius 3 is 2.57 bits per heavy atom. The van der Waals surface area contributed by atoms with Crippen LogP contribution >= 0.6 is 23.2 Å². The topological polar surface area (TPSA) is 41.6 Å². The average Bonchev–Trinajstić information content (AvgIpc) is 2.72. The van der Waals surface area contributed by atoms with Crippen molar-refractivity contribution >= 4 is 40.5 Å². The number of fused-ring (bicyclic) bond motifs is 1. The maximum atomic E-state index is 13.0. The summed E-state index contributed by atoms with van der Waals surface area (Å²) < 4.78 is 5.66. The number of rotatable bonds is 4. The van der Waals surface area contributed by atoms with E-state index in [0.717, 1.165) is 16.9 Å². The number of hydrogen-bond acceptors (Lipinski definition) is 3. The lowest BCUT2D eigenvalue weighted by Crippen LogP contribution is -2.43. The molecule has 28 heavy (non-hydrogen) atoms. The van der Waals surface area contributed by atoms with E-state index in [0.29, 0.717) is 22.3 Å². The van der Waals surface area contributed by atoms with E-state index in [4.69, 9.17) is 27.9 Å². The summed E-state index contributed by atoms with van der Waals surface area (Å²) >= 11 is 12.0. The Labute approximate surface area is 173 Å². The van der Waals surface area contributed by atoms with Crippen molar-refractivity contribution in [3.63, 3.8) is 0 Å². The van der Waals surface area contributed by atoms with Crippen molar-refractivity contribution in [2.45, 2.75) is 6.04 Å². The van der Waals surface area contributed by atoms with Crippen LogP contribution in [0.1, 0.15) is 11.6 Å². The molecule has 0 aliphatic carbocycles. The fourth-order valence-electron chi connectivity index (χ4n) is 3.27. The van der Waals surface area contributed by atoms with E-state index < -0.39 is 0 Å². The van der Waals surface area contributed by atoms with Crippen molar-refractivity contribution in [2.75, 3.05) is 23.4 Å². The number of halogens is 2. The van der Waals surface area contributed by atoms with Crippen LogP contribution in [0.4, 0.5) is 11.4 Å². The molecule has 1 atom stereocenters. The number of carbonyl (C=O) groups excluding carboxylic acids is 1. The van der Waals surface area contributed by atoms with Crippen LogP contribution < -0.4 is 15.0 Å². The first-order chi connectivity index (χ1) is 13.6. The van der Waals surface area contributed by atoms with Crippen LogP contribution in [0, 0.1) is 0 Å². The summed E-state index contributed by atoms with van der Waals surface area (Å²) in [5.74, 6) is 0.295. The van der Waals surface area contributed by atoms with E-state index in [9.17, 15) is 4.79 Å². The summed E-state index contributed by atoms with van der Waals surface area (Å²) in [5, 5.41) is 4.41. The van der Waals surface area contributed by atoms with Gasteiger partial charge in [-0.3, -0.25) is 4.79 Å². The first-order valence-electron chi connectivity index (χ1n) is 8.90. The zero-order valence-electron chi connectivity index (χ0n) is 14.9. The zero-order valence-corrected chi connectivity index (χ0v) is 16.5. The van der Waals surface area contributed by atoms with Crippen LogP contribution in [0.3, 0.4) is 0 Å². The van der Waals surface area contributed by atoms with E-state index in [-0.39, 0.29) is 18.6 Å². The molecule has 0 fully saturated rings. The third-order valence-electron chi connectivity index (χ3n) is 4.64. The second-order valence-electron chi connectivity index (χ2n) is 6.49. The molecule has 0 spiro atoms. The fraction of sp³-hybridized carbons (Fsp3) is 0.136. The number of ether oxygens (including phenoxy) is 1. The molecular weight excluding hydrogens is 395 g/mol. The van der Waals surface area contributed by atoms with E-state index in [1.165, 1.54) is 0 Å². The smallest absolute Gasteiger partial charge is 0.265 e. The maximum absolute atomic E-state index is 13.0. The lowest BCUT2D eigenvalue weighted by molar-refractivity contribution is -0.120. The maximum Gasteiger partial charge on any atom is 0.265 e.